The zero-order chi connectivity index (χ0) is 26.7. The van der Waals surface area contributed by atoms with Crippen molar-refractivity contribution < 1.29 is 18.4 Å². The van der Waals surface area contributed by atoms with E-state index in [1.165, 1.54) is 67.6 Å². The Bertz CT molecular complexity index is 1160. The van der Waals surface area contributed by atoms with Crippen molar-refractivity contribution in [2.75, 3.05) is 6.61 Å². The molecule has 1 fully saturated rings. The Balaban J connectivity index is 1.52. The van der Waals surface area contributed by atoms with Gasteiger partial charge < -0.3 is 4.74 Å². The molecule has 38 heavy (non-hydrogen) atoms. The van der Waals surface area contributed by atoms with Gasteiger partial charge in [0.15, 0.2) is 5.90 Å². The van der Waals surface area contributed by atoms with Crippen LogP contribution < -0.4 is 0 Å². The fourth-order valence-corrected chi connectivity index (χ4v) is 7.10. The lowest BCUT2D eigenvalue weighted by molar-refractivity contribution is -0.384. The minimum Gasteiger partial charge on any atom is -0.480 e. The number of non-ortho nitro benzene ring substituents is 1. The average molecular weight is 575 g/mol. The first kappa shape index (κ1) is 28.4. The second kappa shape index (κ2) is 14.6. The minimum absolute atomic E-state index is 0.0264. The number of benzene rings is 3. The van der Waals surface area contributed by atoms with E-state index in [-0.39, 0.29) is 21.9 Å². The van der Waals surface area contributed by atoms with Crippen LogP contribution in [0.5, 0.6) is 0 Å². The topological polar surface area (TPSA) is 64.7 Å². The third-order valence-electron chi connectivity index (χ3n) is 6.01. The van der Waals surface area contributed by atoms with Gasteiger partial charge in [0, 0.05) is 45.2 Å². The number of halogens is 2. The molecule has 0 saturated heterocycles. The van der Waals surface area contributed by atoms with Gasteiger partial charge in [0.2, 0.25) is 0 Å². The van der Waals surface area contributed by atoms with Crippen molar-refractivity contribution >= 4 is 47.1 Å². The lowest BCUT2D eigenvalue weighted by Crippen LogP contribution is -2.18. The highest BCUT2D eigenvalue weighted by Gasteiger charge is 2.20. The van der Waals surface area contributed by atoms with Crippen LogP contribution in [0.4, 0.5) is 14.5 Å². The van der Waals surface area contributed by atoms with Crippen LogP contribution in [0, 0.1) is 27.7 Å². The Hall–Kier alpha value is -2.56. The zero-order valence-corrected chi connectivity index (χ0v) is 23.1. The maximum atomic E-state index is 13.5. The van der Waals surface area contributed by atoms with E-state index in [2.05, 4.69) is 0 Å². The van der Waals surface area contributed by atoms with Crippen molar-refractivity contribution in [3.05, 3.63) is 94.5 Å². The lowest BCUT2D eigenvalue weighted by Gasteiger charge is -2.23. The van der Waals surface area contributed by atoms with Gasteiger partial charge in [0.1, 0.15) is 11.6 Å². The Morgan fingerprint density at radius 3 is 1.92 bits per heavy atom. The summed E-state index contributed by atoms with van der Waals surface area (Å²) in [7, 11) is 0. The summed E-state index contributed by atoms with van der Waals surface area (Å²) >= 11 is 4.36. The fourth-order valence-electron chi connectivity index (χ4n) is 4.00. The van der Waals surface area contributed by atoms with E-state index in [1.807, 2.05) is 0 Å². The summed E-state index contributed by atoms with van der Waals surface area (Å²) in [5, 5.41) is 11.0. The molecular formula is C28H28F2N2O3S3. The van der Waals surface area contributed by atoms with Crippen molar-refractivity contribution in [2.24, 2.45) is 10.3 Å². The molecule has 0 radical (unpaired) electrons. The molecule has 0 bridgehead atoms. The van der Waals surface area contributed by atoms with Gasteiger partial charge in [-0.15, -0.1) is 23.5 Å². The van der Waals surface area contributed by atoms with Gasteiger partial charge in [0.05, 0.1) is 16.1 Å². The third-order valence-corrected chi connectivity index (χ3v) is 9.32. The molecule has 0 atom stereocenters. The maximum absolute atomic E-state index is 13.5. The molecule has 4 rings (SSSR count). The van der Waals surface area contributed by atoms with Crippen LogP contribution in [-0.2, 0) is 4.74 Å². The van der Waals surface area contributed by atoms with Crippen LogP contribution in [-0.4, -0.2) is 22.0 Å². The SMILES string of the molecule is O=[N+]([O-])c1ccc(S/N=C(/CC(Sc2ccc(F)cc2)Sc2ccc(F)cc2)OCC2CCCCC2)cc1. The van der Waals surface area contributed by atoms with Crippen LogP contribution in [0.15, 0.2) is 91.9 Å². The Labute approximate surface area is 234 Å². The van der Waals surface area contributed by atoms with Crippen molar-refractivity contribution in [2.45, 2.75) is 57.8 Å². The molecule has 0 heterocycles. The first-order chi connectivity index (χ1) is 18.4. The fraction of sp³-hybridized carbons (Fsp3) is 0.321. The van der Waals surface area contributed by atoms with E-state index < -0.39 is 4.92 Å². The first-order valence-corrected chi connectivity index (χ1v) is 14.9. The van der Waals surface area contributed by atoms with Crippen LogP contribution in [0.1, 0.15) is 38.5 Å². The second-order valence-corrected chi connectivity index (χ2v) is 12.6. The zero-order valence-electron chi connectivity index (χ0n) is 20.6. The Morgan fingerprint density at radius 2 is 1.39 bits per heavy atom. The van der Waals surface area contributed by atoms with Crippen LogP contribution >= 0.6 is 35.5 Å². The Kier molecular flexibility index (Phi) is 10.9. The molecule has 5 nitrogen and oxygen atoms in total. The van der Waals surface area contributed by atoms with Crippen molar-refractivity contribution in [1.82, 2.24) is 0 Å². The molecular weight excluding hydrogens is 547 g/mol. The van der Waals surface area contributed by atoms with Crippen molar-refractivity contribution in [1.29, 1.82) is 0 Å². The summed E-state index contributed by atoms with van der Waals surface area (Å²) in [5.74, 6) is 0.476. The molecule has 0 spiro atoms. The first-order valence-electron chi connectivity index (χ1n) is 12.4. The summed E-state index contributed by atoms with van der Waals surface area (Å²) in [6, 6.07) is 18.9. The van der Waals surface area contributed by atoms with E-state index in [4.69, 9.17) is 9.13 Å². The van der Waals surface area contributed by atoms with Gasteiger partial charge in [-0.25, -0.2) is 8.78 Å². The Morgan fingerprint density at radius 1 is 0.868 bits per heavy atom. The smallest absolute Gasteiger partial charge is 0.269 e. The predicted octanol–water partition coefficient (Wildman–Crippen LogP) is 9.18. The van der Waals surface area contributed by atoms with E-state index in [0.29, 0.717) is 24.8 Å². The summed E-state index contributed by atoms with van der Waals surface area (Å²) < 4.78 is 37.9. The van der Waals surface area contributed by atoms with Crippen LogP contribution in [0.3, 0.4) is 0 Å². The molecule has 3 aromatic carbocycles. The standard InChI is InChI=1S/C28H28F2N2O3S3/c29-21-6-12-24(13-7-21)36-28(37-25-14-8-22(30)9-15-25)18-27(35-19-20-4-2-1-3-5-20)31-38-26-16-10-23(11-17-26)32(33)34/h6-17,20,28H,1-5,18-19H2/b31-27-. The predicted molar refractivity (Wildman–Crippen MR) is 152 cm³/mol. The number of hydrogen-bond donors (Lipinski definition) is 0. The van der Waals surface area contributed by atoms with Gasteiger partial charge in [-0.2, -0.15) is 4.40 Å². The number of nitrogens with zero attached hydrogens (tertiary/aromatic N) is 2. The second-order valence-electron chi connectivity index (χ2n) is 8.92. The quantitative estimate of drug-likeness (QED) is 0.0433. The summed E-state index contributed by atoms with van der Waals surface area (Å²) in [6.07, 6.45) is 6.44. The molecule has 10 heteroatoms. The molecule has 0 amide bonds. The van der Waals surface area contributed by atoms with Gasteiger partial charge in [0.25, 0.3) is 5.69 Å². The molecule has 1 saturated carbocycles. The number of hydrogen-bond acceptors (Lipinski definition) is 7. The minimum atomic E-state index is -0.430. The van der Waals surface area contributed by atoms with Gasteiger partial charge in [-0.1, -0.05) is 19.3 Å². The van der Waals surface area contributed by atoms with E-state index in [0.717, 1.165) is 27.5 Å². The average Bonchev–Trinajstić information content (AvgIpc) is 2.93. The van der Waals surface area contributed by atoms with Gasteiger partial charge in [-0.05, 0) is 79.4 Å². The van der Waals surface area contributed by atoms with E-state index in [9.17, 15) is 18.9 Å². The molecule has 1 aliphatic carbocycles. The normalized spacial score (nSPS) is 14.6. The summed E-state index contributed by atoms with van der Waals surface area (Å²) in [6.45, 7) is 0.592. The number of thioether (sulfide) groups is 2. The summed E-state index contributed by atoms with van der Waals surface area (Å²) in [4.78, 5) is 13.1. The molecule has 3 aromatic rings. The van der Waals surface area contributed by atoms with Crippen molar-refractivity contribution in [3.8, 4) is 0 Å². The van der Waals surface area contributed by atoms with Gasteiger partial charge >= 0.3 is 0 Å². The third kappa shape index (κ3) is 9.32. The number of rotatable bonds is 11. The highest BCUT2D eigenvalue weighted by atomic mass is 32.2. The van der Waals surface area contributed by atoms with E-state index in [1.54, 1.807) is 59.9 Å². The number of nitro groups is 1. The lowest BCUT2D eigenvalue weighted by atomic mass is 9.90. The number of nitro benzene ring substituents is 1. The van der Waals surface area contributed by atoms with E-state index >= 15 is 0 Å². The molecule has 0 aliphatic heterocycles. The van der Waals surface area contributed by atoms with Crippen LogP contribution in [0.25, 0.3) is 0 Å². The van der Waals surface area contributed by atoms with Gasteiger partial charge in [-0.3, -0.25) is 10.1 Å². The van der Waals surface area contributed by atoms with Crippen molar-refractivity contribution in [3.63, 3.8) is 0 Å². The largest absolute Gasteiger partial charge is 0.480 e. The summed E-state index contributed by atoms with van der Waals surface area (Å²) in [5.41, 5.74) is 0.0264. The molecule has 1 aliphatic rings. The number of ether oxygens (including phenoxy) is 1. The molecule has 0 unspecified atom stereocenters. The molecule has 200 valence electrons. The molecule has 0 aromatic heterocycles. The molecule has 0 N–H and O–H groups in total. The monoisotopic (exact) mass is 574 g/mol. The maximum Gasteiger partial charge on any atom is 0.269 e. The highest BCUT2D eigenvalue weighted by Crippen LogP contribution is 2.39. The van der Waals surface area contributed by atoms with Crippen LogP contribution in [0.2, 0.25) is 0 Å². The highest BCUT2D eigenvalue weighted by molar-refractivity contribution is 8.17.